The van der Waals surface area contributed by atoms with Gasteiger partial charge < -0.3 is 20.7 Å². The summed E-state index contributed by atoms with van der Waals surface area (Å²) in [4.78, 5) is 59.1. The van der Waals surface area contributed by atoms with Crippen molar-refractivity contribution in [3.05, 3.63) is 0 Å². The predicted molar refractivity (Wildman–Crippen MR) is 142 cm³/mol. The molecule has 0 spiro atoms. The molecule has 3 N–H and O–H groups in total. The number of nitrogens with one attached hydrogen (secondary N) is 1. The lowest BCUT2D eigenvalue weighted by atomic mass is 9.95. The summed E-state index contributed by atoms with van der Waals surface area (Å²) < 4.78 is 0. The number of aldehydes is 1. The lowest BCUT2D eigenvalue weighted by Gasteiger charge is -2.32. The van der Waals surface area contributed by atoms with Crippen LogP contribution < -0.4 is 11.1 Å². The lowest BCUT2D eigenvalue weighted by Crippen LogP contribution is -2.44. The van der Waals surface area contributed by atoms with E-state index >= 15 is 0 Å². The van der Waals surface area contributed by atoms with Gasteiger partial charge in [0.05, 0.1) is 12.6 Å². The molecule has 9 nitrogen and oxygen atoms in total. The van der Waals surface area contributed by atoms with E-state index in [2.05, 4.69) is 26.1 Å². The average Bonchev–Trinajstić information content (AvgIpc) is 3.31. The molecule has 0 aromatic rings. The van der Waals surface area contributed by atoms with Gasteiger partial charge in [0.25, 0.3) is 5.91 Å². The van der Waals surface area contributed by atoms with Crippen LogP contribution in [0.3, 0.4) is 0 Å². The molecule has 0 saturated carbocycles. The fourth-order valence-electron chi connectivity index (χ4n) is 4.10. The number of unbranched alkanes of at least 4 members (excludes halogenated alkanes) is 4. The molecule has 3 amide bonds. The Morgan fingerprint density at radius 1 is 0.944 bits per heavy atom. The Balaban J connectivity index is 0.000000596. The van der Waals surface area contributed by atoms with Crippen molar-refractivity contribution in [2.75, 3.05) is 33.2 Å². The van der Waals surface area contributed by atoms with Crippen molar-refractivity contribution < 1.29 is 24.0 Å². The van der Waals surface area contributed by atoms with Crippen LogP contribution >= 0.6 is 0 Å². The van der Waals surface area contributed by atoms with Gasteiger partial charge in [-0.2, -0.15) is 0 Å². The van der Waals surface area contributed by atoms with Crippen LogP contribution in [0.1, 0.15) is 97.8 Å². The Hall–Kier alpha value is -2.29. The highest BCUT2D eigenvalue weighted by Crippen LogP contribution is 2.20. The smallest absolute Gasteiger partial charge is 0.286 e. The topological polar surface area (TPSA) is 130 Å². The van der Waals surface area contributed by atoms with Crippen LogP contribution in [-0.2, 0) is 24.0 Å². The summed E-state index contributed by atoms with van der Waals surface area (Å²) in [6.45, 7) is 8.80. The quantitative estimate of drug-likeness (QED) is 0.236. The van der Waals surface area contributed by atoms with E-state index in [-0.39, 0.29) is 24.4 Å². The highest BCUT2D eigenvalue weighted by Gasteiger charge is 2.28. The lowest BCUT2D eigenvalue weighted by molar-refractivity contribution is -0.136. The van der Waals surface area contributed by atoms with Crippen LogP contribution in [0.4, 0.5) is 0 Å². The molecule has 2 aliphatic rings. The maximum Gasteiger partial charge on any atom is 0.286 e. The summed E-state index contributed by atoms with van der Waals surface area (Å²) in [5, 5.41) is 2.41. The van der Waals surface area contributed by atoms with E-state index in [1.165, 1.54) is 25.7 Å². The molecule has 2 fully saturated rings. The number of likely N-dealkylation sites (N-methyl/N-ethyl adjacent to an activating group) is 1. The Bertz CT molecular complexity index is 669. The minimum absolute atomic E-state index is 0.189. The second kappa shape index (κ2) is 20.9. The van der Waals surface area contributed by atoms with Gasteiger partial charge in [-0.25, -0.2) is 0 Å². The summed E-state index contributed by atoms with van der Waals surface area (Å²) in [5.41, 5.74) is 4.75. The first kappa shape index (κ1) is 33.7. The molecule has 2 aliphatic heterocycles. The first-order valence-electron chi connectivity index (χ1n) is 13.7. The molecule has 2 heterocycles. The number of likely N-dealkylation sites (tertiary alicyclic amines) is 2. The zero-order chi connectivity index (χ0) is 27.3. The van der Waals surface area contributed by atoms with Crippen molar-refractivity contribution in [3.8, 4) is 0 Å². The number of hydrogen-bond acceptors (Lipinski definition) is 6. The van der Waals surface area contributed by atoms with E-state index in [0.29, 0.717) is 18.8 Å². The van der Waals surface area contributed by atoms with Gasteiger partial charge in [-0.1, -0.05) is 52.9 Å². The van der Waals surface area contributed by atoms with Crippen molar-refractivity contribution in [2.45, 2.75) is 104 Å². The maximum absolute atomic E-state index is 11.9. The fraction of sp³-hybridized carbons (Fsp3) is 0.815. The van der Waals surface area contributed by atoms with E-state index in [0.717, 1.165) is 64.4 Å². The Morgan fingerprint density at radius 2 is 1.61 bits per heavy atom. The highest BCUT2D eigenvalue weighted by atomic mass is 16.2. The second-order valence-corrected chi connectivity index (χ2v) is 9.70. The molecule has 2 unspecified atom stereocenters. The predicted octanol–water partition coefficient (Wildman–Crippen LogP) is 2.84. The van der Waals surface area contributed by atoms with Crippen molar-refractivity contribution in [1.82, 2.24) is 15.1 Å². The molecule has 0 aromatic heterocycles. The molecule has 0 bridgehead atoms. The van der Waals surface area contributed by atoms with Crippen LogP contribution in [0.25, 0.3) is 0 Å². The van der Waals surface area contributed by atoms with Crippen molar-refractivity contribution in [3.63, 3.8) is 0 Å². The maximum atomic E-state index is 11.9. The van der Waals surface area contributed by atoms with Gasteiger partial charge in [0.2, 0.25) is 17.6 Å². The third-order valence-corrected chi connectivity index (χ3v) is 6.57. The number of hydrogen-bond donors (Lipinski definition) is 2. The fourth-order valence-corrected chi connectivity index (χ4v) is 4.10. The minimum atomic E-state index is -1.02. The summed E-state index contributed by atoms with van der Waals surface area (Å²) in [6, 6.07) is -0.189. The summed E-state index contributed by atoms with van der Waals surface area (Å²) in [5.74, 6) is -1.32. The molecule has 0 aliphatic carbocycles. The third-order valence-electron chi connectivity index (χ3n) is 6.57. The summed E-state index contributed by atoms with van der Waals surface area (Å²) in [7, 11) is 1.85. The molecule has 2 rings (SSSR count). The molecule has 0 aromatic carbocycles. The largest absolute Gasteiger partial charge is 0.363 e. The number of nitrogens with zero attached hydrogens (tertiary/aromatic N) is 2. The first-order valence-corrected chi connectivity index (χ1v) is 13.7. The summed E-state index contributed by atoms with van der Waals surface area (Å²) >= 11 is 0. The molecule has 2 atom stereocenters. The number of nitrogens with two attached hydrogens (primary N) is 1. The third kappa shape index (κ3) is 15.0. The Labute approximate surface area is 217 Å². The van der Waals surface area contributed by atoms with Crippen molar-refractivity contribution >= 4 is 29.8 Å². The van der Waals surface area contributed by atoms with Crippen LogP contribution in [-0.4, -0.2) is 78.9 Å². The number of rotatable bonds is 12. The van der Waals surface area contributed by atoms with Crippen molar-refractivity contribution in [1.29, 1.82) is 0 Å². The molecular formula is C27H50N4O5. The van der Waals surface area contributed by atoms with E-state index in [9.17, 15) is 24.0 Å². The average molecular weight is 511 g/mol. The minimum Gasteiger partial charge on any atom is -0.363 e. The number of carbonyl (C=O) groups excluding carboxylic acids is 5. The van der Waals surface area contributed by atoms with Gasteiger partial charge in [0.15, 0.2) is 0 Å². The number of piperidine rings is 1. The van der Waals surface area contributed by atoms with Gasteiger partial charge in [0.1, 0.15) is 6.29 Å². The van der Waals surface area contributed by atoms with Gasteiger partial charge >= 0.3 is 0 Å². The number of Topliss-reactive ketones (excluding diaryl/α,β-unsaturated/α-hetero) is 1. The van der Waals surface area contributed by atoms with E-state index in [1.54, 1.807) is 0 Å². The standard InChI is InChI=1S/C14H25NO2.C9H15N3O3.C4H10/c1-2-3-4-5-8-14(17)15-10-6-7-13(12-15)9-11-16;1-12-4-2-3-6(12)9(15)11-5-7(13)8(10)14;1-3-4-2/h11,13H,2-10,12H2,1H3;6H,2-5H2,1H3,(H2,10,14)(H,11,15);3-4H2,1-2H3. The zero-order valence-corrected chi connectivity index (χ0v) is 23.1. The van der Waals surface area contributed by atoms with E-state index in [1.807, 2.05) is 16.8 Å². The van der Waals surface area contributed by atoms with Gasteiger partial charge in [-0.15, -0.1) is 0 Å². The van der Waals surface area contributed by atoms with Crippen LogP contribution in [0.2, 0.25) is 0 Å². The van der Waals surface area contributed by atoms with Crippen LogP contribution in [0, 0.1) is 5.92 Å². The normalized spacial score (nSPS) is 19.3. The molecule has 36 heavy (non-hydrogen) atoms. The van der Waals surface area contributed by atoms with Crippen LogP contribution in [0.5, 0.6) is 0 Å². The number of carbonyl (C=O) groups is 5. The number of ketones is 1. The summed E-state index contributed by atoms with van der Waals surface area (Å²) in [6.07, 6.45) is 13.4. The Morgan fingerprint density at radius 3 is 2.14 bits per heavy atom. The zero-order valence-electron chi connectivity index (χ0n) is 23.1. The van der Waals surface area contributed by atoms with Gasteiger partial charge in [-0.3, -0.25) is 24.1 Å². The molecule has 0 radical (unpaired) electrons. The monoisotopic (exact) mass is 510 g/mol. The van der Waals surface area contributed by atoms with Crippen LogP contribution in [0.15, 0.2) is 0 Å². The van der Waals surface area contributed by atoms with Gasteiger partial charge in [0, 0.05) is 25.9 Å². The molecular weight excluding hydrogens is 460 g/mol. The molecule has 208 valence electrons. The SMILES string of the molecule is CCCC.CCCCCCC(=O)N1CCCC(CC=O)C1.CN1CCCC1C(=O)NCC(=O)C(N)=O. The first-order chi connectivity index (χ1) is 17.2. The van der Waals surface area contributed by atoms with E-state index < -0.39 is 11.7 Å². The molecule has 2 saturated heterocycles. The number of amides is 3. The van der Waals surface area contributed by atoms with Crippen molar-refractivity contribution in [2.24, 2.45) is 11.7 Å². The number of primary amides is 1. The van der Waals surface area contributed by atoms with E-state index in [4.69, 9.17) is 5.73 Å². The Kier molecular flexibility index (Phi) is 19.5. The highest BCUT2D eigenvalue weighted by molar-refractivity contribution is 6.36. The second-order valence-electron chi connectivity index (χ2n) is 9.70. The molecule has 9 heteroatoms. The van der Waals surface area contributed by atoms with Gasteiger partial charge in [-0.05, 0) is 51.6 Å².